The van der Waals surface area contributed by atoms with Gasteiger partial charge in [0.25, 0.3) is 0 Å². The number of benzene rings is 3. The van der Waals surface area contributed by atoms with Crippen molar-refractivity contribution >= 4 is 49.5 Å². The van der Waals surface area contributed by atoms with Crippen LogP contribution in [0.15, 0.2) is 105 Å². The first-order valence-corrected chi connectivity index (χ1v) is 12.2. The smallest absolute Gasteiger partial charge is 0.212 e. The molecule has 0 radical (unpaired) electrons. The molecule has 0 saturated carbocycles. The third-order valence-corrected chi connectivity index (χ3v) is 7.70. The van der Waals surface area contributed by atoms with Crippen LogP contribution < -0.4 is 5.32 Å². The fraction of sp³-hybridized carbons (Fsp3) is 0. The van der Waals surface area contributed by atoms with E-state index >= 15 is 0 Å². The van der Waals surface area contributed by atoms with E-state index in [1.165, 1.54) is 0 Å². The molecule has 0 amide bonds. The van der Waals surface area contributed by atoms with Gasteiger partial charge in [0, 0.05) is 21.8 Å². The zero-order valence-corrected chi connectivity index (χ0v) is 19.6. The highest BCUT2D eigenvalue weighted by molar-refractivity contribution is 9.10. The molecule has 0 saturated heterocycles. The molecule has 33 heavy (non-hydrogen) atoms. The number of nitrogens with zero attached hydrogens (tertiary/aromatic N) is 2. The average molecular weight is 514 g/mol. The molecule has 3 heterocycles. The largest absolute Gasteiger partial charge is 0.354 e. The summed E-state index contributed by atoms with van der Waals surface area (Å²) < 4.78 is 15.8. The lowest BCUT2D eigenvalue weighted by molar-refractivity contribution is 0.103. The maximum Gasteiger partial charge on any atom is 0.212 e. The lowest BCUT2D eigenvalue weighted by atomic mass is 10.0. The third-order valence-electron chi connectivity index (χ3n) is 5.66. The Balaban J connectivity index is 1.49. The van der Waals surface area contributed by atoms with Crippen LogP contribution in [0.3, 0.4) is 0 Å². The van der Waals surface area contributed by atoms with Crippen LogP contribution in [0.1, 0.15) is 16.1 Å². The highest BCUT2D eigenvalue weighted by Gasteiger charge is 2.26. The molecular formula is C26H16BrN3O2S. The van der Waals surface area contributed by atoms with Gasteiger partial charge in [-0.3, -0.25) is 9.20 Å². The van der Waals surface area contributed by atoms with Gasteiger partial charge in [0.05, 0.1) is 32.0 Å². The number of ketones is 1. The summed E-state index contributed by atoms with van der Waals surface area (Å²) >= 11 is 3.46. The molecule has 5 nitrogen and oxygen atoms in total. The van der Waals surface area contributed by atoms with Gasteiger partial charge in [0.2, 0.25) is 5.78 Å². The lowest BCUT2D eigenvalue weighted by Gasteiger charge is -2.21. The van der Waals surface area contributed by atoms with Gasteiger partial charge < -0.3 is 5.32 Å². The van der Waals surface area contributed by atoms with E-state index in [1.54, 1.807) is 18.2 Å². The topological polar surface area (TPSA) is 63.5 Å². The van der Waals surface area contributed by atoms with Crippen LogP contribution in [0.4, 0.5) is 11.4 Å². The number of pyridine rings is 1. The Bertz CT molecular complexity index is 1590. The molecule has 0 aliphatic carbocycles. The first-order valence-electron chi connectivity index (χ1n) is 10.3. The highest BCUT2D eigenvalue weighted by atomic mass is 79.9. The molecular weight excluding hydrogens is 498 g/mol. The van der Waals surface area contributed by atoms with Crippen LogP contribution >= 0.6 is 15.9 Å². The standard InChI is InChI=1S/C26H16BrN3O2S/c27-18-11-8-16(9-12-18)24-25(30-14-4-3-7-23(30)29-24)26(31)17-10-13-22-20(15-17)28-19-5-1-2-6-21(19)33(22)32/h1-15,28H. The molecule has 160 valence electrons. The quantitative estimate of drug-likeness (QED) is 0.285. The summed E-state index contributed by atoms with van der Waals surface area (Å²) in [5.41, 5.74) is 4.64. The molecule has 2 aromatic heterocycles. The number of imidazole rings is 1. The minimum Gasteiger partial charge on any atom is -0.354 e. The molecule has 3 aromatic carbocycles. The average Bonchev–Trinajstić information content (AvgIpc) is 3.23. The number of anilines is 2. The number of hydrogen-bond donors (Lipinski definition) is 1. The van der Waals surface area contributed by atoms with Crippen molar-refractivity contribution in [1.82, 2.24) is 9.38 Å². The number of halogens is 1. The Labute approximate surface area is 200 Å². The van der Waals surface area contributed by atoms with E-state index < -0.39 is 10.8 Å². The Kier molecular flexibility index (Phi) is 4.74. The van der Waals surface area contributed by atoms with Crippen LogP contribution in [0.5, 0.6) is 0 Å². The molecule has 1 unspecified atom stereocenters. The van der Waals surface area contributed by atoms with Gasteiger partial charge in [-0.05, 0) is 54.6 Å². The molecule has 1 aliphatic rings. The molecule has 7 heteroatoms. The maximum absolute atomic E-state index is 13.8. The Morgan fingerprint density at radius 1 is 0.879 bits per heavy atom. The molecule has 5 aromatic rings. The molecule has 1 atom stereocenters. The number of para-hydroxylation sites is 1. The Hall–Kier alpha value is -3.55. The summed E-state index contributed by atoms with van der Waals surface area (Å²) in [6.07, 6.45) is 1.85. The van der Waals surface area contributed by atoms with E-state index in [4.69, 9.17) is 4.98 Å². The van der Waals surface area contributed by atoms with Gasteiger partial charge in [-0.15, -0.1) is 0 Å². The number of aromatic nitrogens is 2. The summed E-state index contributed by atoms with van der Waals surface area (Å²) in [4.78, 5) is 20.0. The third kappa shape index (κ3) is 3.32. The van der Waals surface area contributed by atoms with E-state index in [9.17, 15) is 9.00 Å². The molecule has 0 fully saturated rings. The summed E-state index contributed by atoms with van der Waals surface area (Å²) in [7, 11) is -1.30. The van der Waals surface area contributed by atoms with Crippen molar-refractivity contribution in [3.63, 3.8) is 0 Å². The predicted octanol–water partition coefficient (Wildman–Crippen LogP) is 6.22. The number of carbonyl (C=O) groups is 1. The van der Waals surface area contributed by atoms with E-state index in [2.05, 4.69) is 21.2 Å². The maximum atomic E-state index is 13.8. The van der Waals surface area contributed by atoms with Crippen molar-refractivity contribution in [3.05, 3.63) is 107 Å². The molecule has 0 spiro atoms. The Morgan fingerprint density at radius 2 is 1.64 bits per heavy atom. The minimum absolute atomic E-state index is 0.152. The minimum atomic E-state index is -1.30. The summed E-state index contributed by atoms with van der Waals surface area (Å²) in [6, 6.07) is 26.2. The number of fused-ring (bicyclic) bond motifs is 3. The Morgan fingerprint density at radius 3 is 2.48 bits per heavy atom. The van der Waals surface area contributed by atoms with Gasteiger partial charge in [0.15, 0.2) is 0 Å². The van der Waals surface area contributed by atoms with Gasteiger partial charge in [-0.2, -0.15) is 0 Å². The first kappa shape index (κ1) is 20.1. The predicted molar refractivity (Wildman–Crippen MR) is 133 cm³/mol. The van der Waals surface area contributed by atoms with Crippen LogP contribution in [-0.2, 0) is 10.8 Å². The molecule has 1 aliphatic heterocycles. The second-order valence-corrected chi connectivity index (χ2v) is 10.0. The van der Waals surface area contributed by atoms with E-state index in [-0.39, 0.29) is 5.78 Å². The van der Waals surface area contributed by atoms with E-state index in [1.807, 2.05) is 77.3 Å². The SMILES string of the molecule is O=C(c1ccc2c(c1)Nc1ccccc1S2=O)c1c(-c2ccc(Br)cc2)nc2ccccn12. The van der Waals surface area contributed by atoms with Gasteiger partial charge in [-0.1, -0.05) is 46.3 Å². The number of rotatable bonds is 3. The number of carbonyl (C=O) groups excluding carboxylic acids is 1. The van der Waals surface area contributed by atoms with Crippen molar-refractivity contribution in [2.75, 3.05) is 5.32 Å². The second-order valence-electron chi connectivity index (χ2n) is 7.67. The number of hydrogen-bond acceptors (Lipinski definition) is 4. The summed E-state index contributed by atoms with van der Waals surface area (Å²) in [6.45, 7) is 0. The van der Waals surface area contributed by atoms with Crippen LogP contribution in [0.25, 0.3) is 16.9 Å². The van der Waals surface area contributed by atoms with Gasteiger partial charge in [-0.25, -0.2) is 9.19 Å². The second kappa shape index (κ2) is 7.79. The molecule has 6 rings (SSSR count). The fourth-order valence-electron chi connectivity index (χ4n) is 4.08. The van der Waals surface area contributed by atoms with E-state index in [0.717, 1.165) is 20.6 Å². The van der Waals surface area contributed by atoms with Crippen molar-refractivity contribution in [2.45, 2.75) is 9.79 Å². The normalized spacial score (nSPS) is 14.4. The van der Waals surface area contributed by atoms with Crippen molar-refractivity contribution in [3.8, 4) is 11.3 Å². The highest BCUT2D eigenvalue weighted by Crippen LogP contribution is 2.38. The van der Waals surface area contributed by atoms with Crippen molar-refractivity contribution < 1.29 is 9.00 Å². The van der Waals surface area contributed by atoms with Crippen LogP contribution in [0.2, 0.25) is 0 Å². The number of nitrogens with one attached hydrogen (secondary N) is 1. The van der Waals surface area contributed by atoms with Crippen LogP contribution in [0, 0.1) is 0 Å². The zero-order valence-electron chi connectivity index (χ0n) is 17.2. The summed E-state index contributed by atoms with van der Waals surface area (Å²) in [5, 5.41) is 3.33. The summed E-state index contributed by atoms with van der Waals surface area (Å²) in [5.74, 6) is -0.152. The van der Waals surface area contributed by atoms with Gasteiger partial charge in [0.1, 0.15) is 17.0 Å². The molecule has 1 N–H and O–H groups in total. The van der Waals surface area contributed by atoms with Crippen molar-refractivity contribution in [1.29, 1.82) is 0 Å². The monoisotopic (exact) mass is 513 g/mol. The lowest BCUT2D eigenvalue weighted by Crippen LogP contribution is -2.11. The molecule has 0 bridgehead atoms. The van der Waals surface area contributed by atoms with Crippen LogP contribution in [-0.4, -0.2) is 19.4 Å². The zero-order chi connectivity index (χ0) is 22.5. The van der Waals surface area contributed by atoms with Crippen molar-refractivity contribution in [2.24, 2.45) is 0 Å². The van der Waals surface area contributed by atoms with E-state index in [0.29, 0.717) is 33.2 Å². The van der Waals surface area contributed by atoms with Gasteiger partial charge >= 0.3 is 0 Å². The fourth-order valence-corrected chi connectivity index (χ4v) is 5.61. The first-order chi connectivity index (χ1) is 16.1.